The maximum absolute atomic E-state index is 13.5. The Kier molecular flexibility index (Phi) is 9.03. The first-order valence-electron chi connectivity index (χ1n) is 12.7. The molecule has 3 aromatic carbocycles. The third kappa shape index (κ3) is 5.98. The van der Waals surface area contributed by atoms with E-state index in [1.165, 1.54) is 11.8 Å². The highest BCUT2D eigenvalue weighted by molar-refractivity contribution is 7.98. The molecule has 0 saturated carbocycles. The maximum Gasteiger partial charge on any atom is 0.327 e. The van der Waals surface area contributed by atoms with Crippen LogP contribution >= 0.6 is 11.8 Å². The number of carboxylic acids is 1. The molecule has 1 saturated heterocycles. The number of rotatable bonds is 12. The Bertz CT molecular complexity index is 1210. The third-order valence-electron chi connectivity index (χ3n) is 6.85. The van der Waals surface area contributed by atoms with Gasteiger partial charge in [0.2, 0.25) is 5.91 Å². The van der Waals surface area contributed by atoms with E-state index < -0.39 is 35.5 Å². The second kappa shape index (κ2) is 12.6. The van der Waals surface area contributed by atoms with Gasteiger partial charge in [0.15, 0.2) is 0 Å². The highest BCUT2D eigenvalue weighted by Gasteiger charge is 2.45. The molecule has 39 heavy (non-hydrogen) atoms. The van der Waals surface area contributed by atoms with Crippen molar-refractivity contribution in [3.8, 4) is 0 Å². The Hall–Kier alpha value is -4.11. The highest BCUT2D eigenvalue weighted by atomic mass is 32.2. The lowest BCUT2D eigenvalue weighted by molar-refractivity contribution is -0.147. The van der Waals surface area contributed by atoms with Gasteiger partial charge in [-0.25, -0.2) is 14.5 Å². The summed E-state index contributed by atoms with van der Waals surface area (Å²) in [6.45, 7) is 0. The number of carboxylic acid groups (broad SMARTS) is 1. The zero-order valence-corrected chi connectivity index (χ0v) is 22.4. The number of aliphatic carboxylic acids is 1. The molecule has 1 heterocycles. The van der Waals surface area contributed by atoms with E-state index in [2.05, 4.69) is 10.6 Å². The van der Waals surface area contributed by atoms with E-state index in [0.717, 1.165) is 21.6 Å². The predicted octanol–water partition coefficient (Wildman–Crippen LogP) is 4.00. The summed E-state index contributed by atoms with van der Waals surface area (Å²) in [7, 11) is 0. The average Bonchev–Trinajstić information content (AvgIpc) is 3.24. The first kappa shape index (κ1) is 27.9. The van der Waals surface area contributed by atoms with Crippen molar-refractivity contribution in [1.82, 2.24) is 15.5 Å². The van der Waals surface area contributed by atoms with Crippen LogP contribution < -0.4 is 10.6 Å². The van der Waals surface area contributed by atoms with Crippen LogP contribution in [0.2, 0.25) is 0 Å². The summed E-state index contributed by atoms with van der Waals surface area (Å²) in [5.41, 5.74) is 1.60. The minimum atomic E-state index is -1.24. The molecule has 1 aliphatic rings. The minimum Gasteiger partial charge on any atom is -0.480 e. The minimum absolute atomic E-state index is 0.0379. The van der Waals surface area contributed by atoms with Crippen LogP contribution in [0.1, 0.15) is 36.0 Å². The molecule has 1 aliphatic heterocycles. The van der Waals surface area contributed by atoms with E-state index in [4.69, 9.17) is 0 Å². The monoisotopic (exact) mass is 545 g/mol. The molecule has 4 rings (SSSR count). The first-order valence-corrected chi connectivity index (χ1v) is 14.1. The quantitative estimate of drug-likeness (QED) is 0.234. The molecule has 4 amide bonds. The number of urea groups is 1. The Morgan fingerprint density at radius 1 is 0.923 bits per heavy atom. The molecule has 8 nitrogen and oxygen atoms in total. The normalized spacial score (nSPS) is 16.0. The van der Waals surface area contributed by atoms with Crippen molar-refractivity contribution in [2.75, 3.05) is 12.0 Å². The van der Waals surface area contributed by atoms with Gasteiger partial charge in [0.1, 0.15) is 17.6 Å². The molecule has 0 radical (unpaired) electrons. The molecule has 0 unspecified atom stereocenters. The third-order valence-corrected chi connectivity index (χ3v) is 7.50. The van der Waals surface area contributed by atoms with Crippen LogP contribution in [-0.4, -0.2) is 57.9 Å². The molecular weight excluding hydrogens is 514 g/mol. The van der Waals surface area contributed by atoms with Gasteiger partial charge in [0, 0.05) is 6.42 Å². The lowest BCUT2D eigenvalue weighted by Crippen LogP contribution is -2.48. The van der Waals surface area contributed by atoms with Crippen LogP contribution in [0.15, 0.2) is 91.0 Å². The summed E-state index contributed by atoms with van der Waals surface area (Å²) in [6, 6.07) is 26.0. The summed E-state index contributed by atoms with van der Waals surface area (Å²) in [5, 5.41) is 15.4. The summed E-state index contributed by atoms with van der Waals surface area (Å²) in [4.78, 5) is 51.7. The number of nitrogens with one attached hydrogen (secondary N) is 2. The van der Waals surface area contributed by atoms with Gasteiger partial charge in [-0.3, -0.25) is 9.59 Å². The lowest BCUT2D eigenvalue weighted by Gasteiger charge is -2.37. The van der Waals surface area contributed by atoms with E-state index in [1.54, 1.807) is 0 Å². The summed E-state index contributed by atoms with van der Waals surface area (Å²) in [5.74, 6) is -1.68. The number of imide groups is 1. The smallest absolute Gasteiger partial charge is 0.327 e. The Balaban J connectivity index is 1.58. The highest BCUT2D eigenvalue weighted by Crippen LogP contribution is 2.37. The fourth-order valence-electron chi connectivity index (χ4n) is 4.96. The van der Waals surface area contributed by atoms with Crippen LogP contribution in [0.3, 0.4) is 0 Å². The van der Waals surface area contributed by atoms with E-state index in [0.29, 0.717) is 5.75 Å². The van der Waals surface area contributed by atoms with Gasteiger partial charge < -0.3 is 15.7 Å². The maximum atomic E-state index is 13.5. The summed E-state index contributed by atoms with van der Waals surface area (Å²) in [6.07, 6.45) is 1.96. The van der Waals surface area contributed by atoms with E-state index in [1.807, 2.05) is 97.3 Å². The summed E-state index contributed by atoms with van der Waals surface area (Å²) < 4.78 is 0. The number of benzene rings is 3. The number of hydrogen-bond acceptors (Lipinski definition) is 5. The zero-order valence-electron chi connectivity index (χ0n) is 21.6. The zero-order chi connectivity index (χ0) is 27.8. The van der Waals surface area contributed by atoms with Crippen molar-refractivity contribution >= 4 is 35.6 Å². The topological polar surface area (TPSA) is 116 Å². The van der Waals surface area contributed by atoms with Crippen molar-refractivity contribution in [2.24, 2.45) is 0 Å². The molecule has 3 aromatic rings. The molecule has 0 aromatic heterocycles. The Labute approximate surface area is 231 Å². The molecule has 3 N–H and O–H groups in total. The fraction of sp³-hybridized carbons (Fsp3) is 0.267. The molecule has 0 aliphatic carbocycles. The van der Waals surface area contributed by atoms with E-state index in [9.17, 15) is 24.3 Å². The van der Waals surface area contributed by atoms with Crippen molar-refractivity contribution in [3.63, 3.8) is 0 Å². The Morgan fingerprint density at radius 2 is 1.41 bits per heavy atom. The first-order chi connectivity index (χ1) is 18.9. The van der Waals surface area contributed by atoms with Crippen molar-refractivity contribution in [1.29, 1.82) is 0 Å². The van der Waals surface area contributed by atoms with Gasteiger partial charge in [0.25, 0.3) is 5.91 Å². The molecular formula is C30H31N3O5S. The van der Waals surface area contributed by atoms with Gasteiger partial charge in [-0.2, -0.15) is 11.8 Å². The molecule has 1 fully saturated rings. The predicted molar refractivity (Wildman–Crippen MR) is 150 cm³/mol. The number of carbonyl (C=O) groups excluding carboxylic acids is 3. The van der Waals surface area contributed by atoms with E-state index >= 15 is 0 Å². The van der Waals surface area contributed by atoms with Crippen LogP contribution in [0.4, 0.5) is 4.79 Å². The second-order valence-corrected chi connectivity index (χ2v) is 10.3. The lowest BCUT2D eigenvalue weighted by atomic mass is 9.77. The number of hydrogen-bond donors (Lipinski definition) is 3. The van der Waals surface area contributed by atoms with Crippen LogP contribution in [-0.2, 0) is 19.9 Å². The number of carbonyl (C=O) groups is 4. The van der Waals surface area contributed by atoms with Crippen LogP contribution in [0, 0.1) is 0 Å². The molecule has 9 heteroatoms. The van der Waals surface area contributed by atoms with Gasteiger partial charge >= 0.3 is 12.0 Å². The van der Waals surface area contributed by atoms with Crippen LogP contribution in [0.5, 0.6) is 0 Å². The van der Waals surface area contributed by atoms with Gasteiger partial charge in [-0.05, 0) is 41.5 Å². The van der Waals surface area contributed by atoms with Crippen molar-refractivity contribution < 1.29 is 24.3 Å². The van der Waals surface area contributed by atoms with Crippen molar-refractivity contribution in [3.05, 3.63) is 108 Å². The largest absolute Gasteiger partial charge is 0.480 e. The number of nitrogens with zero attached hydrogens (tertiary/aromatic N) is 1. The Morgan fingerprint density at radius 3 is 1.85 bits per heavy atom. The fourth-order valence-corrected chi connectivity index (χ4v) is 5.42. The second-order valence-electron chi connectivity index (χ2n) is 9.28. The van der Waals surface area contributed by atoms with Gasteiger partial charge in [-0.15, -0.1) is 0 Å². The van der Waals surface area contributed by atoms with E-state index in [-0.39, 0.29) is 25.2 Å². The molecule has 2 atom stereocenters. The molecule has 0 spiro atoms. The average molecular weight is 546 g/mol. The SMILES string of the molecule is CSCC[C@@H](C(=O)O)N1C(=O)N[C@@H](CCC(=O)NC(c2ccccc2)(c2ccccc2)c2ccccc2)C1=O. The molecule has 0 bridgehead atoms. The van der Waals surface area contributed by atoms with Crippen molar-refractivity contribution in [2.45, 2.75) is 36.9 Å². The number of amides is 4. The standard InChI is InChI=1S/C30H31N3O5S/c1-39-20-19-25(28(36)37)33-27(35)24(31-29(33)38)17-18-26(34)32-30(21-11-5-2-6-12-21,22-13-7-3-8-14-22)23-15-9-4-10-16-23/h2-16,24-25H,17-20H2,1H3,(H,31,38)(H,32,34)(H,36,37)/t24-,25-/m0/s1. The van der Waals surface area contributed by atoms with Crippen LogP contribution in [0.25, 0.3) is 0 Å². The van der Waals surface area contributed by atoms with Gasteiger partial charge in [-0.1, -0.05) is 91.0 Å². The summed E-state index contributed by atoms with van der Waals surface area (Å²) >= 11 is 1.44. The number of thioether (sulfide) groups is 1. The van der Waals surface area contributed by atoms with Gasteiger partial charge in [0.05, 0.1) is 0 Å². The molecule has 202 valence electrons.